The number of rotatable bonds is 1. The molecule has 0 aliphatic heterocycles. The van der Waals surface area contributed by atoms with Gasteiger partial charge in [-0.2, -0.15) is 0 Å². The summed E-state index contributed by atoms with van der Waals surface area (Å²) < 4.78 is 52.6. The van der Waals surface area contributed by atoms with Crippen molar-refractivity contribution in [3.05, 3.63) is 0 Å². The zero-order valence-electron chi connectivity index (χ0n) is 3.97. The van der Waals surface area contributed by atoms with E-state index in [1.165, 1.54) is 0 Å². The minimum Gasteiger partial charge on any atom is -0.750 e. The summed E-state index contributed by atoms with van der Waals surface area (Å²) in [5, 5.41) is 0. The summed E-state index contributed by atoms with van der Waals surface area (Å²) >= 11 is -3.51. The number of alkyl halides is 3. The molecular weight excluding hydrogens is 214 g/mol. The van der Waals surface area contributed by atoms with E-state index in [9.17, 15) is 13.2 Å². The van der Waals surface area contributed by atoms with E-state index in [2.05, 4.69) is 4.18 Å². The van der Waals surface area contributed by atoms with Crippen molar-refractivity contribution >= 4 is 11.4 Å². The van der Waals surface area contributed by atoms with E-state index in [1.54, 1.807) is 0 Å². The summed E-state index contributed by atoms with van der Waals surface area (Å²) in [6.45, 7) is 0. The van der Waals surface area contributed by atoms with Crippen LogP contribution in [0.2, 0.25) is 0 Å². The third-order valence-corrected chi connectivity index (χ3v) is 0.488. The zero-order chi connectivity index (χ0) is 6.78. The Morgan fingerprint density at radius 2 is 1.78 bits per heavy atom. The van der Waals surface area contributed by atoms with Gasteiger partial charge in [-0.05, 0) is 0 Å². The van der Waals surface area contributed by atoms with E-state index in [-0.39, 0.29) is 19.5 Å². The topological polar surface area (TPSA) is 49.4 Å². The number of hydrogen-bond acceptors (Lipinski definition) is 3. The summed E-state index contributed by atoms with van der Waals surface area (Å²) in [6.07, 6.45) is -5.09. The van der Waals surface area contributed by atoms with Crippen molar-refractivity contribution in [2.75, 3.05) is 0 Å². The molecule has 3 nitrogen and oxygen atoms in total. The van der Waals surface area contributed by atoms with Crippen LogP contribution in [0.4, 0.5) is 13.2 Å². The van der Waals surface area contributed by atoms with Crippen molar-refractivity contribution in [3.8, 4) is 0 Å². The van der Waals surface area contributed by atoms with Crippen molar-refractivity contribution in [1.29, 1.82) is 0 Å². The van der Waals surface area contributed by atoms with Crippen LogP contribution in [-0.2, 0) is 35.0 Å². The second kappa shape index (κ2) is 4.32. The predicted octanol–water partition coefficient (Wildman–Crippen LogP) is 0.314. The van der Waals surface area contributed by atoms with Crippen LogP contribution in [0.25, 0.3) is 0 Å². The van der Waals surface area contributed by atoms with E-state index in [1.807, 2.05) is 0 Å². The van der Waals surface area contributed by atoms with Gasteiger partial charge in [0.25, 0.3) is 0 Å². The van der Waals surface area contributed by atoms with Crippen LogP contribution in [0.1, 0.15) is 0 Å². The Bertz CT molecular complexity index is 102. The molecule has 0 aliphatic carbocycles. The Morgan fingerprint density at radius 3 is 1.78 bits per heavy atom. The van der Waals surface area contributed by atoms with E-state index in [0.29, 0.717) is 0 Å². The number of hydrogen-bond donors (Lipinski definition) is 0. The SMILES string of the molecule is O=S([O-])OC(F)(F)F.[Zn]. The largest absolute Gasteiger partial charge is 0.750 e. The van der Waals surface area contributed by atoms with E-state index < -0.39 is 17.7 Å². The van der Waals surface area contributed by atoms with Crippen LogP contribution in [0.15, 0.2) is 0 Å². The first-order valence-corrected chi connectivity index (χ1v) is 2.27. The molecule has 0 spiro atoms. The molecule has 0 bridgehead atoms. The van der Waals surface area contributed by atoms with Crippen molar-refractivity contribution in [1.82, 2.24) is 0 Å². The minimum absolute atomic E-state index is 0. The quantitative estimate of drug-likeness (QED) is 0.466. The van der Waals surface area contributed by atoms with Crippen LogP contribution in [0.5, 0.6) is 0 Å². The molecule has 0 aliphatic rings. The maximum absolute atomic E-state index is 10.7. The molecule has 1 atom stereocenters. The van der Waals surface area contributed by atoms with Gasteiger partial charge in [0.2, 0.25) is 0 Å². The van der Waals surface area contributed by atoms with Crippen molar-refractivity contribution in [2.45, 2.75) is 6.36 Å². The second-order valence-corrected chi connectivity index (χ2v) is 1.31. The van der Waals surface area contributed by atoms with Gasteiger partial charge < -0.3 is 4.55 Å². The zero-order valence-corrected chi connectivity index (χ0v) is 7.76. The Labute approximate surface area is 63.8 Å². The van der Waals surface area contributed by atoms with Crippen LogP contribution in [0.3, 0.4) is 0 Å². The fraction of sp³-hybridized carbons (Fsp3) is 1.00. The molecule has 0 aromatic carbocycles. The van der Waals surface area contributed by atoms with Crippen LogP contribution >= 0.6 is 0 Å². The summed E-state index contributed by atoms with van der Waals surface area (Å²) in [4.78, 5) is 0. The molecule has 0 fully saturated rings. The average molecular weight is 214 g/mol. The Morgan fingerprint density at radius 1 is 1.44 bits per heavy atom. The first-order valence-electron chi connectivity index (χ1n) is 1.27. The van der Waals surface area contributed by atoms with Gasteiger partial charge in [0, 0.05) is 19.5 Å². The van der Waals surface area contributed by atoms with Crippen LogP contribution < -0.4 is 0 Å². The molecule has 8 heteroatoms. The monoisotopic (exact) mass is 213 g/mol. The molecule has 0 aromatic rings. The third kappa shape index (κ3) is 11.9. The molecule has 0 N–H and O–H groups in total. The van der Waals surface area contributed by atoms with Crippen molar-refractivity contribution in [3.63, 3.8) is 0 Å². The third-order valence-electron chi connectivity index (χ3n) is 0.163. The molecule has 0 radical (unpaired) electrons. The van der Waals surface area contributed by atoms with E-state index in [0.717, 1.165) is 0 Å². The molecule has 0 amide bonds. The van der Waals surface area contributed by atoms with Gasteiger partial charge in [-0.3, -0.25) is 0 Å². The average Bonchev–Trinajstić information content (AvgIpc) is 1.21. The number of halogens is 3. The molecule has 0 heterocycles. The van der Waals surface area contributed by atoms with Crippen molar-refractivity contribution in [2.24, 2.45) is 0 Å². The van der Waals surface area contributed by atoms with Crippen molar-refractivity contribution < 1.29 is 45.6 Å². The Kier molecular flexibility index (Phi) is 5.85. The molecule has 0 saturated carbocycles. The fourth-order valence-corrected chi connectivity index (χ4v) is 0.231. The molecule has 9 heavy (non-hydrogen) atoms. The summed E-state index contributed by atoms with van der Waals surface area (Å²) in [7, 11) is 0. The predicted molar refractivity (Wildman–Crippen MR) is 16.1 cm³/mol. The Balaban J connectivity index is 0. The molecule has 0 rings (SSSR count). The minimum atomic E-state index is -5.09. The first kappa shape index (κ1) is 12.2. The molecule has 0 saturated heterocycles. The fourth-order valence-electron chi connectivity index (χ4n) is 0.0772. The Hall–Kier alpha value is 0.483. The molecular formula is CF3O3SZn-. The maximum Gasteiger partial charge on any atom is 0.534 e. The van der Waals surface area contributed by atoms with E-state index in [4.69, 9.17) is 8.76 Å². The molecule has 52 valence electrons. The van der Waals surface area contributed by atoms with Gasteiger partial charge in [0.05, 0.1) is 11.4 Å². The van der Waals surface area contributed by atoms with Gasteiger partial charge in [-0.15, -0.1) is 13.2 Å². The van der Waals surface area contributed by atoms with Crippen LogP contribution in [-0.4, -0.2) is 15.1 Å². The van der Waals surface area contributed by atoms with Gasteiger partial charge in [0.15, 0.2) is 0 Å². The van der Waals surface area contributed by atoms with Gasteiger partial charge in [-0.25, -0.2) is 8.39 Å². The molecule has 0 aromatic heterocycles. The normalized spacial score (nSPS) is 14.2. The first-order chi connectivity index (χ1) is 3.42. The maximum atomic E-state index is 10.7. The van der Waals surface area contributed by atoms with E-state index >= 15 is 0 Å². The van der Waals surface area contributed by atoms with Crippen LogP contribution in [0, 0.1) is 0 Å². The summed E-state index contributed by atoms with van der Waals surface area (Å²) in [5.41, 5.74) is 0. The van der Waals surface area contributed by atoms with Gasteiger partial charge in [-0.1, -0.05) is 0 Å². The smallest absolute Gasteiger partial charge is 0.534 e. The second-order valence-electron chi connectivity index (χ2n) is 0.733. The van der Waals surface area contributed by atoms with Gasteiger partial charge >= 0.3 is 6.36 Å². The summed E-state index contributed by atoms with van der Waals surface area (Å²) in [6, 6.07) is 0. The standard InChI is InChI=1S/CHF3O3S.Zn/c2-1(3,4)7-8(5)6;/h(H,5,6);/p-1. The molecule has 1 unspecified atom stereocenters. The van der Waals surface area contributed by atoms with Gasteiger partial charge in [0.1, 0.15) is 0 Å². The summed E-state index contributed by atoms with van der Waals surface area (Å²) in [5.74, 6) is 0.